The summed E-state index contributed by atoms with van der Waals surface area (Å²) in [6.45, 7) is 4.37. The number of rotatable bonds is 19. The Labute approximate surface area is 191 Å². The summed E-state index contributed by atoms with van der Waals surface area (Å²) in [7, 11) is -4.32. The first-order valence-corrected chi connectivity index (χ1v) is 12.5. The quantitative estimate of drug-likeness (QED) is 0.200. The molecule has 0 aromatic heterocycles. The summed E-state index contributed by atoms with van der Waals surface area (Å²) in [5.41, 5.74) is 0. The van der Waals surface area contributed by atoms with E-state index < -0.39 is 21.5 Å². The van der Waals surface area contributed by atoms with E-state index in [-0.39, 0.29) is 36.0 Å². The van der Waals surface area contributed by atoms with E-state index in [9.17, 15) is 18.1 Å². The Morgan fingerprint density at radius 2 is 1.07 bits per heavy atom. The number of aliphatic hydroxyl groups excluding tert-OH is 1. The molecule has 0 saturated carbocycles. The van der Waals surface area contributed by atoms with Crippen molar-refractivity contribution in [2.24, 2.45) is 0 Å². The van der Waals surface area contributed by atoms with Crippen molar-refractivity contribution in [1.29, 1.82) is 0 Å². The second-order valence-corrected chi connectivity index (χ2v) is 9.48. The van der Waals surface area contributed by atoms with E-state index in [4.69, 9.17) is 0 Å². The van der Waals surface area contributed by atoms with E-state index in [2.05, 4.69) is 13.8 Å². The molecule has 0 aromatic carbocycles. The summed E-state index contributed by atoms with van der Waals surface area (Å²) < 4.78 is 34.4. The van der Waals surface area contributed by atoms with Gasteiger partial charge in [0.25, 0.3) is 0 Å². The number of hydrogen-bond acceptors (Lipinski definition) is 4. The maximum absolute atomic E-state index is 11.5. The second-order valence-electron chi connectivity index (χ2n) is 7.82. The Morgan fingerprint density at radius 3 is 1.48 bits per heavy atom. The third-order valence-electron chi connectivity index (χ3n) is 5.21. The third-order valence-corrected chi connectivity index (χ3v) is 6.46. The predicted octanol–water partition coefficient (Wildman–Crippen LogP) is 2.94. The van der Waals surface area contributed by atoms with Crippen LogP contribution in [-0.2, 0) is 10.1 Å². The van der Waals surface area contributed by atoms with Crippen LogP contribution in [0.3, 0.4) is 0 Å². The van der Waals surface area contributed by atoms with Crippen molar-refractivity contribution >= 4 is 10.1 Å². The van der Waals surface area contributed by atoms with Crippen molar-refractivity contribution in [2.75, 3.05) is 0 Å². The zero-order valence-corrected chi connectivity index (χ0v) is 21.1. The Bertz CT molecular complexity index is 401. The van der Waals surface area contributed by atoms with E-state index in [0.717, 1.165) is 32.1 Å². The molecule has 27 heavy (non-hydrogen) atoms. The van der Waals surface area contributed by atoms with Gasteiger partial charge in [-0.1, -0.05) is 104 Å². The summed E-state index contributed by atoms with van der Waals surface area (Å²) in [5, 5.41) is 9.21. The van der Waals surface area contributed by atoms with E-state index in [1.807, 2.05) is 0 Å². The number of aliphatic hydroxyl groups is 1. The smallest absolute Gasteiger partial charge is 0.748 e. The Morgan fingerprint density at radius 1 is 0.704 bits per heavy atom. The molecule has 4 nitrogen and oxygen atoms in total. The van der Waals surface area contributed by atoms with Gasteiger partial charge in [0.1, 0.15) is 0 Å². The van der Waals surface area contributed by atoms with Crippen molar-refractivity contribution in [3.8, 4) is 0 Å². The largest absolute Gasteiger partial charge is 1.00 e. The minimum Gasteiger partial charge on any atom is -0.748 e. The summed E-state index contributed by atoms with van der Waals surface area (Å²) in [4.78, 5) is 0. The average molecular weight is 415 g/mol. The van der Waals surface area contributed by atoms with Crippen LogP contribution in [0.4, 0.5) is 0 Å². The molecule has 0 heterocycles. The first-order chi connectivity index (χ1) is 12.4. The molecule has 0 saturated heterocycles. The van der Waals surface area contributed by atoms with E-state index in [1.165, 1.54) is 57.8 Å². The van der Waals surface area contributed by atoms with Gasteiger partial charge >= 0.3 is 29.6 Å². The Hall–Kier alpha value is 0.870. The number of hydrogen-bond donors (Lipinski definition) is 1. The molecule has 0 aliphatic carbocycles. The fourth-order valence-electron chi connectivity index (χ4n) is 3.47. The van der Waals surface area contributed by atoms with Gasteiger partial charge in [-0.25, -0.2) is 8.42 Å². The van der Waals surface area contributed by atoms with Crippen LogP contribution < -0.4 is 29.6 Å². The minimum absolute atomic E-state index is 0. The molecule has 0 amide bonds. The maximum Gasteiger partial charge on any atom is 1.00 e. The molecule has 0 spiro atoms. The zero-order valence-electron chi connectivity index (χ0n) is 18.3. The molecular formula is C21H43NaO4S. The molecule has 6 heteroatoms. The molecule has 2 unspecified atom stereocenters. The predicted molar refractivity (Wildman–Crippen MR) is 109 cm³/mol. The van der Waals surface area contributed by atoms with Crippen LogP contribution in [-0.4, -0.2) is 29.4 Å². The zero-order chi connectivity index (χ0) is 19.7. The van der Waals surface area contributed by atoms with Gasteiger partial charge < -0.3 is 9.66 Å². The normalized spacial score (nSPS) is 13.9. The van der Waals surface area contributed by atoms with Crippen LogP contribution in [0.25, 0.3) is 0 Å². The fraction of sp³-hybridized carbons (Fsp3) is 1.00. The summed E-state index contributed by atoms with van der Waals surface area (Å²) >= 11 is 0. The van der Waals surface area contributed by atoms with E-state index in [0.29, 0.717) is 12.8 Å². The molecule has 158 valence electrons. The van der Waals surface area contributed by atoms with Crippen LogP contribution in [0.15, 0.2) is 0 Å². The summed E-state index contributed by atoms with van der Waals surface area (Å²) in [6.07, 6.45) is 16.4. The van der Waals surface area contributed by atoms with Crippen molar-refractivity contribution in [3.05, 3.63) is 0 Å². The fourth-order valence-corrected chi connectivity index (χ4v) is 4.38. The SMILES string of the molecule is CCCCCCCCCCC(O)CC(CCCCCCCC)S(=O)(=O)[O-].[Na+]. The number of unbranched alkanes of at least 4 members (excludes halogenated alkanes) is 12. The topological polar surface area (TPSA) is 77.4 Å². The van der Waals surface area contributed by atoms with Gasteiger partial charge in [-0.15, -0.1) is 0 Å². The van der Waals surface area contributed by atoms with Gasteiger partial charge in [0.15, 0.2) is 0 Å². The van der Waals surface area contributed by atoms with Crippen LogP contribution in [0, 0.1) is 0 Å². The molecular weight excluding hydrogens is 371 g/mol. The van der Waals surface area contributed by atoms with Crippen molar-refractivity contribution in [3.63, 3.8) is 0 Å². The minimum atomic E-state index is -4.32. The standard InChI is InChI=1S/C21H44O4S.Na/c1-3-5-7-9-11-12-13-15-17-20(22)19-21(26(23,24)25)18-16-14-10-8-6-4-2;/h20-22H,3-19H2,1-2H3,(H,23,24,25);/q;+1/p-1. The molecule has 0 aliphatic heterocycles. The van der Waals surface area contributed by atoms with Crippen LogP contribution >= 0.6 is 0 Å². The molecule has 0 bridgehead atoms. The van der Waals surface area contributed by atoms with Crippen molar-refractivity contribution < 1.29 is 47.6 Å². The van der Waals surface area contributed by atoms with Crippen molar-refractivity contribution in [2.45, 2.75) is 134 Å². The molecule has 0 rings (SSSR count). The molecule has 2 atom stereocenters. The van der Waals surface area contributed by atoms with Gasteiger partial charge in [0.05, 0.1) is 21.5 Å². The molecule has 0 radical (unpaired) electrons. The molecule has 0 aromatic rings. The van der Waals surface area contributed by atoms with Gasteiger partial charge in [0, 0.05) is 0 Å². The molecule has 0 fully saturated rings. The monoisotopic (exact) mass is 414 g/mol. The third kappa shape index (κ3) is 19.9. The van der Waals surface area contributed by atoms with Gasteiger partial charge in [0.2, 0.25) is 0 Å². The Balaban J connectivity index is 0. The first-order valence-electron chi connectivity index (χ1n) is 11.0. The average Bonchev–Trinajstić information content (AvgIpc) is 2.58. The maximum atomic E-state index is 11.5. The van der Waals surface area contributed by atoms with Crippen LogP contribution in [0.1, 0.15) is 123 Å². The molecule has 1 N–H and O–H groups in total. The second kappa shape index (κ2) is 20.2. The van der Waals surface area contributed by atoms with Crippen molar-refractivity contribution in [1.82, 2.24) is 0 Å². The van der Waals surface area contributed by atoms with Crippen LogP contribution in [0.2, 0.25) is 0 Å². The summed E-state index contributed by atoms with van der Waals surface area (Å²) in [6, 6.07) is 0. The van der Waals surface area contributed by atoms with E-state index >= 15 is 0 Å². The van der Waals surface area contributed by atoms with E-state index in [1.54, 1.807) is 0 Å². The van der Waals surface area contributed by atoms with Gasteiger partial charge in [-0.2, -0.15) is 0 Å². The van der Waals surface area contributed by atoms with Gasteiger partial charge in [-0.05, 0) is 19.3 Å². The van der Waals surface area contributed by atoms with Gasteiger partial charge in [-0.3, -0.25) is 0 Å². The first kappa shape index (κ1) is 30.1. The Kier molecular flexibility index (Phi) is 22.4. The van der Waals surface area contributed by atoms with Crippen LogP contribution in [0.5, 0.6) is 0 Å². The molecule has 0 aliphatic rings. The summed E-state index contributed by atoms with van der Waals surface area (Å²) in [5.74, 6) is 0.